The molecule has 1 aromatic carbocycles. The number of carbonyl (C=O) groups is 1. The van der Waals surface area contributed by atoms with Gasteiger partial charge in [0.1, 0.15) is 0 Å². The largest absolute Gasteiger partial charge is 0.379 e. The summed E-state index contributed by atoms with van der Waals surface area (Å²) in [7, 11) is 0. The van der Waals surface area contributed by atoms with Gasteiger partial charge in [-0.2, -0.15) is 0 Å². The quantitative estimate of drug-likeness (QED) is 0.632. The zero-order valence-corrected chi connectivity index (χ0v) is 11.9. The SMILES string of the molecule is O=C(NCCOCCBr)c1ccccc1Br. The van der Waals surface area contributed by atoms with Gasteiger partial charge < -0.3 is 10.1 Å². The number of nitrogens with one attached hydrogen (secondary N) is 1. The first kappa shape index (κ1) is 13.7. The van der Waals surface area contributed by atoms with Crippen LogP contribution in [0.4, 0.5) is 0 Å². The van der Waals surface area contributed by atoms with Gasteiger partial charge in [-0.15, -0.1) is 0 Å². The lowest BCUT2D eigenvalue weighted by Crippen LogP contribution is -2.27. The average Bonchev–Trinajstić information content (AvgIpc) is 2.29. The first-order valence-electron chi connectivity index (χ1n) is 4.92. The molecule has 1 rings (SSSR count). The van der Waals surface area contributed by atoms with Crippen molar-refractivity contribution in [2.75, 3.05) is 25.1 Å². The smallest absolute Gasteiger partial charge is 0.252 e. The molecule has 1 amide bonds. The Balaban J connectivity index is 2.33. The molecule has 0 aliphatic rings. The third kappa shape index (κ3) is 4.63. The molecule has 5 heteroatoms. The molecule has 1 N–H and O–H groups in total. The molecule has 0 saturated carbocycles. The molecular weight excluding hydrogens is 338 g/mol. The number of carbonyl (C=O) groups excluding carboxylic acids is 1. The van der Waals surface area contributed by atoms with Crippen LogP contribution in [0.5, 0.6) is 0 Å². The molecule has 0 atom stereocenters. The number of alkyl halides is 1. The predicted molar refractivity (Wildman–Crippen MR) is 71.1 cm³/mol. The zero-order chi connectivity index (χ0) is 11.8. The molecule has 1 aromatic rings. The molecule has 0 fully saturated rings. The van der Waals surface area contributed by atoms with E-state index in [1.54, 1.807) is 6.07 Å². The van der Waals surface area contributed by atoms with E-state index in [0.717, 1.165) is 9.80 Å². The number of hydrogen-bond acceptors (Lipinski definition) is 2. The lowest BCUT2D eigenvalue weighted by molar-refractivity contribution is 0.0923. The minimum atomic E-state index is -0.0880. The van der Waals surface area contributed by atoms with Crippen molar-refractivity contribution in [3.05, 3.63) is 34.3 Å². The minimum Gasteiger partial charge on any atom is -0.379 e. The van der Waals surface area contributed by atoms with Crippen LogP contribution in [0.3, 0.4) is 0 Å². The van der Waals surface area contributed by atoms with Gasteiger partial charge in [0.15, 0.2) is 0 Å². The molecule has 0 unspecified atom stereocenters. The Morgan fingerprint density at radius 1 is 1.31 bits per heavy atom. The molecule has 0 aliphatic heterocycles. The van der Waals surface area contributed by atoms with Crippen LogP contribution in [0.15, 0.2) is 28.7 Å². The van der Waals surface area contributed by atoms with Crippen molar-refractivity contribution in [2.24, 2.45) is 0 Å². The van der Waals surface area contributed by atoms with Gasteiger partial charge in [-0.3, -0.25) is 4.79 Å². The predicted octanol–water partition coefficient (Wildman–Crippen LogP) is 2.59. The van der Waals surface area contributed by atoms with Crippen LogP contribution in [0, 0.1) is 0 Å². The van der Waals surface area contributed by atoms with Crippen molar-refractivity contribution in [1.82, 2.24) is 5.32 Å². The molecule has 0 aliphatic carbocycles. The van der Waals surface area contributed by atoms with Crippen LogP contribution in [-0.2, 0) is 4.74 Å². The van der Waals surface area contributed by atoms with Crippen LogP contribution in [0.1, 0.15) is 10.4 Å². The second kappa shape index (κ2) is 7.81. The van der Waals surface area contributed by atoms with Crippen molar-refractivity contribution >= 4 is 37.8 Å². The van der Waals surface area contributed by atoms with Crippen molar-refractivity contribution in [1.29, 1.82) is 0 Å². The number of amides is 1. The van der Waals surface area contributed by atoms with E-state index < -0.39 is 0 Å². The third-order valence-corrected chi connectivity index (χ3v) is 2.89. The van der Waals surface area contributed by atoms with E-state index >= 15 is 0 Å². The molecular formula is C11H13Br2NO2. The van der Waals surface area contributed by atoms with Crippen molar-refractivity contribution in [3.63, 3.8) is 0 Å². The Morgan fingerprint density at radius 2 is 2.06 bits per heavy atom. The van der Waals surface area contributed by atoms with Gasteiger partial charge >= 0.3 is 0 Å². The number of ether oxygens (including phenoxy) is 1. The van der Waals surface area contributed by atoms with E-state index in [1.165, 1.54) is 0 Å². The topological polar surface area (TPSA) is 38.3 Å². The summed E-state index contributed by atoms with van der Waals surface area (Å²) in [4.78, 5) is 11.7. The highest BCUT2D eigenvalue weighted by molar-refractivity contribution is 9.10. The molecule has 0 aromatic heterocycles. The summed E-state index contributed by atoms with van der Waals surface area (Å²) in [5.74, 6) is -0.0880. The third-order valence-electron chi connectivity index (χ3n) is 1.87. The molecule has 0 radical (unpaired) electrons. The summed E-state index contributed by atoms with van der Waals surface area (Å²) in [5, 5.41) is 3.60. The van der Waals surface area contributed by atoms with E-state index in [4.69, 9.17) is 4.74 Å². The van der Waals surface area contributed by atoms with Crippen LogP contribution in [0.2, 0.25) is 0 Å². The van der Waals surface area contributed by atoms with Crippen LogP contribution >= 0.6 is 31.9 Å². The van der Waals surface area contributed by atoms with E-state index in [0.29, 0.717) is 25.3 Å². The first-order chi connectivity index (χ1) is 7.75. The van der Waals surface area contributed by atoms with E-state index in [9.17, 15) is 4.79 Å². The highest BCUT2D eigenvalue weighted by Crippen LogP contribution is 2.15. The average molecular weight is 351 g/mol. The monoisotopic (exact) mass is 349 g/mol. The van der Waals surface area contributed by atoms with Crippen LogP contribution in [-0.4, -0.2) is 31.0 Å². The van der Waals surface area contributed by atoms with Gasteiger partial charge in [-0.05, 0) is 28.1 Å². The Hall–Kier alpha value is -0.390. The van der Waals surface area contributed by atoms with E-state index in [-0.39, 0.29) is 5.91 Å². The van der Waals surface area contributed by atoms with Gasteiger partial charge in [0.25, 0.3) is 5.91 Å². The second-order valence-electron chi connectivity index (χ2n) is 3.04. The highest BCUT2D eigenvalue weighted by Gasteiger charge is 2.07. The van der Waals surface area contributed by atoms with E-state index in [2.05, 4.69) is 37.2 Å². The molecule has 0 saturated heterocycles. The maximum Gasteiger partial charge on any atom is 0.252 e. The Labute approximate surface area is 112 Å². The van der Waals surface area contributed by atoms with E-state index in [1.807, 2.05) is 18.2 Å². The highest BCUT2D eigenvalue weighted by atomic mass is 79.9. The molecule has 0 bridgehead atoms. The lowest BCUT2D eigenvalue weighted by atomic mass is 10.2. The fraction of sp³-hybridized carbons (Fsp3) is 0.364. The molecule has 88 valence electrons. The summed E-state index contributed by atoms with van der Waals surface area (Å²) < 4.78 is 6.03. The maximum absolute atomic E-state index is 11.7. The molecule has 0 heterocycles. The number of halogens is 2. The summed E-state index contributed by atoms with van der Waals surface area (Å²) >= 11 is 6.59. The Bertz CT molecular complexity index is 345. The second-order valence-corrected chi connectivity index (χ2v) is 4.68. The fourth-order valence-corrected chi connectivity index (χ4v) is 1.83. The molecule has 3 nitrogen and oxygen atoms in total. The Kier molecular flexibility index (Phi) is 6.68. The maximum atomic E-state index is 11.7. The number of rotatable bonds is 6. The van der Waals surface area contributed by atoms with Crippen molar-refractivity contribution < 1.29 is 9.53 Å². The van der Waals surface area contributed by atoms with Crippen LogP contribution < -0.4 is 5.32 Å². The summed E-state index contributed by atoms with van der Waals surface area (Å²) in [6, 6.07) is 7.33. The van der Waals surface area contributed by atoms with Crippen LogP contribution in [0.25, 0.3) is 0 Å². The normalized spacial score (nSPS) is 10.1. The van der Waals surface area contributed by atoms with Gasteiger partial charge in [0.05, 0.1) is 18.8 Å². The molecule has 0 spiro atoms. The van der Waals surface area contributed by atoms with Crippen molar-refractivity contribution in [2.45, 2.75) is 0 Å². The van der Waals surface area contributed by atoms with Gasteiger partial charge in [0.2, 0.25) is 0 Å². The number of hydrogen-bond donors (Lipinski definition) is 1. The van der Waals surface area contributed by atoms with Gasteiger partial charge in [0, 0.05) is 16.3 Å². The van der Waals surface area contributed by atoms with Gasteiger partial charge in [-0.1, -0.05) is 28.1 Å². The van der Waals surface area contributed by atoms with Crippen molar-refractivity contribution in [3.8, 4) is 0 Å². The minimum absolute atomic E-state index is 0.0880. The summed E-state index contributed by atoms with van der Waals surface area (Å²) in [5.41, 5.74) is 0.642. The van der Waals surface area contributed by atoms with Gasteiger partial charge in [-0.25, -0.2) is 0 Å². The standard InChI is InChI=1S/C11H13Br2NO2/c12-5-7-16-8-6-14-11(15)9-3-1-2-4-10(9)13/h1-4H,5-8H2,(H,14,15). The number of benzene rings is 1. The first-order valence-corrected chi connectivity index (χ1v) is 6.83. The zero-order valence-electron chi connectivity index (χ0n) is 8.71. The lowest BCUT2D eigenvalue weighted by Gasteiger charge is -2.06. The summed E-state index contributed by atoms with van der Waals surface area (Å²) in [6.07, 6.45) is 0. The molecule has 16 heavy (non-hydrogen) atoms. The fourth-order valence-electron chi connectivity index (χ4n) is 1.13. The summed E-state index contributed by atoms with van der Waals surface area (Å²) in [6.45, 7) is 1.71. The Morgan fingerprint density at radius 3 is 2.75 bits per heavy atom.